The summed E-state index contributed by atoms with van der Waals surface area (Å²) >= 11 is 5.93. The van der Waals surface area contributed by atoms with Gasteiger partial charge in [0, 0.05) is 38.2 Å². The molecule has 0 amide bonds. The average Bonchev–Trinajstić information content (AvgIpc) is 2.81. The van der Waals surface area contributed by atoms with Gasteiger partial charge in [0.25, 0.3) is 0 Å². The van der Waals surface area contributed by atoms with E-state index in [1.165, 1.54) is 12.4 Å². The highest BCUT2D eigenvalue weighted by Gasteiger charge is 2.16. The van der Waals surface area contributed by atoms with Crippen LogP contribution in [-0.4, -0.2) is 68.0 Å². The Balaban J connectivity index is 1.65. The molecule has 1 N–H and O–H groups in total. The third kappa shape index (κ3) is 5.45. The van der Waals surface area contributed by atoms with Crippen LogP contribution in [0.2, 0.25) is 5.02 Å². The first-order chi connectivity index (χ1) is 15.7. The van der Waals surface area contributed by atoms with Gasteiger partial charge in [-0.2, -0.15) is 0 Å². The molecule has 0 unspecified atom stereocenters. The first kappa shape index (κ1) is 22.7. The van der Waals surface area contributed by atoms with Crippen molar-refractivity contribution in [3.05, 3.63) is 53.1 Å². The zero-order valence-corrected chi connectivity index (χ0v) is 18.7. The molecule has 9 heteroatoms. The lowest BCUT2D eigenvalue weighted by atomic mass is 10.1. The van der Waals surface area contributed by atoms with E-state index in [1.807, 2.05) is 12.1 Å². The lowest BCUT2D eigenvalue weighted by Crippen LogP contribution is -2.37. The molecular formula is C23H26ClFN4O3. The molecule has 0 spiro atoms. The fourth-order valence-electron chi connectivity index (χ4n) is 3.62. The number of halogens is 2. The number of nitrogens with zero attached hydrogens (tertiary/aromatic N) is 3. The number of aromatic nitrogens is 2. The van der Waals surface area contributed by atoms with Gasteiger partial charge >= 0.3 is 0 Å². The number of nitrogens with one attached hydrogen (secondary N) is 1. The van der Waals surface area contributed by atoms with Crippen LogP contribution in [0.4, 0.5) is 15.9 Å². The minimum Gasteiger partial charge on any atom is -0.491 e. The normalized spacial score (nSPS) is 14.6. The van der Waals surface area contributed by atoms with Crippen LogP contribution in [0.15, 0.2) is 36.7 Å². The average molecular weight is 461 g/mol. The molecule has 170 valence electrons. The Labute approximate surface area is 191 Å². The highest BCUT2D eigenvalue weighted by atomic mass is 35.5. The van der Waals surface area contributed by atoms with Crippen LogP contribution in [0.3, 0.4) is 0 Å². The number of hydrogen-bond donors (Lipinski definition) is 1. The molecule has 3 aromatic rings. The molecule has 4 rings (SSSR count). The fourth-order valence-corrected chi connectivity index (χ4v) is 3.80. The highest BCUT2D eigenvalue weighted by Crippen LogP contribution is 2.32. The van der Waals surface area contributed by atoms with Crippen molar-refractivity contribution in [2.75, 3.05) is 58.5 Å². The van der Waals surface area contributed by atoms with Crippen molar-refractivity contribution in [3.8, 4) is 5.75 Å². The number of anilines is 2. The summed E-state index contributed by atoms with van der Waals surface area (Å²) in [5.41, 5.74) is 1.99. The Hall–Kier alpha value is -2.52. The zero-order chi connectivity index (χ0) is 22.3. The summed E-state index contributed by atoms with van der Waals surface area (Å²) in [6, 6.07) is 8.74. The van der Waals surface area contributed by atoms with E-state index in [2.05, 4.69) is 20.2 Å². The lowest BCUT2D eigenvalue weighted by molar-refractivity contribution is 0.0383. The van der Waals surface area contributed by atoms with Gasteiger partial charge in [0.15, 0.2) is 5.82 Å². The molecule has 1 saturated heterocycles. The van der Waals surface area contributed by atoms with Gasteiger partial charge in [0.05, 0.1) is 36.0 Å². The first-order valence-corrected chi connectivity index (χ1v) is 10.9. The van der Waals surface area contributed by atoms with Gasteiger partial charge in [-0.05, 0) is 30.2 Å². The van der Waals surface area contributed by atoms with Gasteiger partial charge in [0.2, 0.25) is 0 Å². The molecule has 32 heavy (non-hydrogen) atoms. The highest BCUT2D eigenvalue weighted by molar-refractivity contribution is 6.31. The Morgan fingerprint density at radius 3 is 2.84 bits per heavy atom. The molecular weight excluding hydrogens is 435 g/mol. The minimum atomic E-state index is -0.520. The maximum Gasteiger partial charge on any atom is 0.165 e. The van der Waals surface area contributed by atoms with E-state index in [4.69, 9.17) is 25.8 Å². The number of methoxy groups -OCH3 is 1. The number of ether oxygens (including phenoxy) is 3. The second-order valence-electron chi connectivity index (χ2n) is 7.47. The Morgan fingerprint density at radius 2 is 2.03 bits per heavy atom. The Morgan fingerprint density at radius 1 is 1.19 bits per heavy atom. The van der Waals surface area contributed by atoms with Crippen molar-refractivity contribution in [3.63, 3.8) is 0 Å². The molecule has 0 atom stereocenters. The number of hydrogen-bond acceptors (Lipinski definition) is 7. The standard InChI is InChI=1S/C23H26ClFN4O3/c1-30-11-12-32-21-14-20-17(13-16(21)5-6-29-7-9-31-10-8-29)23(27-15-26-20)28-19-4-2-3-18(24)22(19)25/h2-4,13-15H,5-12H2,1H3,(H,26,27,28). The summed E-state index contributed by atoms with van der Waals surface area (Å²) in [4.78, 5) is 11.1. The van der Waals surface area contributed by atoms with Crippen molar-refractivity contribution in [2.24, 2.45) is 0 Å². The number of rotatable bonds is 9. The van der Waals surface area contributed by atoms with E-state index in [0.29, 0.717) is 24.5 Å². The van der Waals surface area contributed by atoms with Crippen molar-refractivity contribution in [1.82, 2.24) is 14.9 Å². The van der Waals surface area contributed by atoms with Crippen LogP contribution < -0.4 is 10.1 Å². The van der Waals surface area contributed by atoms with Crippen LogP contribution in [-0.2, 0) is 15.9 Å². The van der Waals surface area contributed by atoms with Gasteiger partial charge in [-0.3, -0.25) is 4.90 Å². The largest absolute Gasteiger partial charge is 0.491 e. The molecule has 2 heterocycles. The summed E-state index contributed by atoms with van der Waals surface area (Å²) in [6.07, 6.45) is 2.23. The molecule has 0 bridgehead atoms. The second-order valence-corrected chi connectivity index (χ2v) is 7.88. The van der Waals surface area contributed by atoms with Crippen molar-refractivity contribution in [2.45, 2.75) is 6.42 Å². The van der Waals surface area contributed by atoms with Gasteiger partial charge in [-0.1, -0.05) is 17.7 Å². The SMILES string of the molecule is COCCOc1cc2ncnc(Nc3cccc(Cl)c3F)c2cc1CCN1CCOCC1. The zero-order valence-electron chi connectivity index (χ0n) is 17.9. The van der Waals surface area contributed by atoms with E-state index >= 15 is 0 Å². The lowest BCUT2D eigenvalue weighted by Gasteiger charge is -2.26. The van der Waals surface area contributed by atoms with Crippen LogP contribution in [0.25, 0.3) is 10.9 Å². The molecule has 0 radical (unpaired) electrons. The number of benzene rings is 2. The fraction of sp³-hybridized carbons (Fsp3) is 0.391. The van der Waals surface area contributed by atoms with Crippen LogP contribution in [0, 0.1) is 5.82 Å². The van der Waals surface area contributed by atoms with Gasteiger partial charge in [0.1, 0.15) is 24.5 Å². The smallest absolute Gasteiger partial charge is 0.165 e. The predicted molar refractivity (Wildman–Crippen MR) is 123 cm³/mol. The Bertz CT molecular complexity index is 1060. The topological polar surface area (TPSA) is 68.7 Å². The van der Waals surface area contributed by atoms with Crippen LogP contribution >= 0.6 is 11.6 Å². The van der Waals surface area contributed by atoms with Crippen molar-refractivity contribution in [1.29, 1.82) is 0 Å². The monoisotopic (exact) mass is 460 g/mol. The predicted octanol–water partition coefficient (Wildman–Crippen LogP) is 4.07. The molecule has 1 aliphatic rings. The maximum absolute atomic E-state index is 14.4. The molecule has 1 aliphatic heterocycles. The van der Waals surface area contributed by atoms with Gasteiger partial charge in [-0.15, -0.1) is 0 Å². The van der Waals surface area contributed by atoms with Crippen LogP contribution in [0.1, 0.15) is 5.56 Å². The number of fused-ring (bicyclic) bond motifs is 1. The molecule has 2 aromatic carbocycles. The maximum atomic E-state index is 14.4. The summed E-state index contributed by atoms with van der Waals surface area (Å²) < 4.78 is 31.0. The molecule has 7 nitrogen and oxygen atoms in total. The van der Waals surface area contributed by atoms with E-state index in [-0.39, 0.29) is 10.7 Å². The second kappa shape index (κ2) is 10.9. The third-order valence-electron chi connectivity index (χ3n) is 5.37. The number of morpholine rings is 1. The minimum absolute atomic E-state index is 0.0494. The summed E-state index contributed by atoms with van der Waals surface area (Å²) in [5, 5.41) is 3.89. The third-order valence-corrected chi connectivity index (χ3v) is 5.66. The summed E-state index contributed by atoms with van der Waals surface area (Å²) in [7, 11) is 1.64. The van der Waals surface area contributed by atoms with Gasteiger partial charge in [-0.25, -0.2) is 14.4 Å². The quantitative estimate of drug-likeness (QED) is 0.483. The molecule has 1 aromatic heterocycles. The summed E-state index contributed by atoms with van der Waals surface area (Å²) in [6.45, 7) is 5.15. The molecule has 0 saturated carbocycles. The van der Waals surface area contributed by atoms with E-state index in [0.717, 1.165) is 56.0 Å². The van der Waals surface area contributed by atoms with E-state index < -0.39 is 5.82 Å². The Kier molecular flexibility index (Phi) is 7.70. The van der Waals surface area contributed by atoms with Crippen LogP contribution in [0.5, 0.6) is 5.75 Å². The van der Waals surface area contributed by atoms with Crippen molar-refractivity contribution >= 4 is 34.0 Å². The molecule has 0 aliphatic carbocycles. The molecule has 1 fully saturated rings. The first-order valence-electron chi connectivity index (χ1n) is 10.6. The van der Waals surface area contributed by atoms with E-state index in [9.17, 15) is 4.39 Å². The van der Waals surface area contributed by atoms with Gasteiger partial charge < -0.3 is 19.5 Å². The van der Waals surface area contributed by atoms with Crippen molar-refractivity contribution < 1.29 is 18.6 Å². The summed E-state index contributed by atoms with van der Waals surface area (Å²) in [5.74, 6) is 0.751. The van der Waals surface area contributed by atoms with E-state index in [1.54, 1.807) is 19.2 Å².